The van der Waals surface area contributed by atoms with Gasteiger partial charge in [0.2, 0.25) is 0 Å². The Hall–Kier alpha value is -2.16. The molecule has 1 heterocycles. The average molecular weight is 267 g/mol. The smallest absolute Gasteiger partial charge is 0.259 e. The Kier molecular flexibility index (Phi) is 3.50. The molecule has 0 bridgehead atoms. The van der Waals surface area contributed by atoms with Crippen LogP contribution < -0.4 is 5.56 Å². The van der Waals surface area contributed by atoms with Crippen LogP contribution in [0.25, 0.3) is 0 Å². The van der Waals surface area contributed by atoms with Crippen molar-refractivity contribution in [2.24, 2.45) is 0 Å². The Morgan fingerprint density at radius 3 is 2.55 bits per heavy atom. The number of hydrogen-bond donors (Lipinski definition) is 1. The van der Waals surface area contributed by atoms with Crippen LogP contribution in [0.15, 0.2) is 41.2 Å². The van der Waals surface area contributed by atoms with Crippen molar-refractivity contribution >= 4 is 5.78 Å². The normalized spacial score (nSPS) is 14.4. The van der Waals surface area contributed by atoms with Gasteiger partial charge in [-0.25, -0.2) is 0 Å². The number of rotatable bonds is 2. The van der Waals surface area contributed by atoms with E-state index in [1.54, 1.807) is 18.2 Å². The molecule has 0 aliphatic heterocycles. The zero-order valence-corrected chi connectivity index (χ0v) is 11.3. The second-order valence-corrected chi connectivity index (χ2v) is 5.27. The molecule has 0 saturated heterocycles. The minimum atomic E-state index is -0.264. The number of hydrogen-bond acceptors (Lipinski definition) is 2. The van der Waals surface area contributed by atoms with Crippen LogP contribution in [-0.2, 0) is 12.8 Å². The third-order valence-electron chi connectivity index (χ3n) is 3.87. The van der Waals surface area contributed by atoms with Gasteiger partial charge in [0.1, 0.15) is 0 Å². The first kappa shape index (κ1) is 12.9. The number of carbonyl (C=O) groups excluding carboxylic acids is 1. The topological polar surface area (TPSA) is 49.9 Å². The Morgan fingerprint density at radius 1 is 1.00 bits per heavy atom. The summed E-state index contributed by atoms with van der Waals surface area (Å²) in [6.07, 6.45) is 5.26. The van der Waals surface area contributed by atoms with Gasteiger partial charge in [-0.15, -0.1) is 0 Å². The minimum Gasteiger partial charge on any atom is -0.325 e. The van der Waals surface area contributed by atoms with Crippen LogP contribution in [-0.4, -0.2) is 10.8 Å². The summed E-state index contributed by atoms with van der Waals surface area (Å²) in [7, 11) is 0. The number of carbonyl (C=O) groups is 1. The number of benzene rings is 1. The van der Waals surface area contributed by atoms with Gasteiger partial charge in [-0.05, 0) is 37.3 Å². The van der Waals surface area contributed by atoms with E-state index < -0.39 is 0 Å². The van der Waals surface area contributed by atoms with Crippen molar-refractivity contribution in [2.75, 3.05) is 0 Å². The Balaban J connectivity index is 2.04. The highest BCUT2D eigenvalue weighted by atomic mass is 16.1. The fraction of sp³-hybridized carbons (Fsp3) is 0.294. The number of nitrogens with one attached hydrogen (secondary N) is 1. The summed E-state index contributed by atoms with van der Waals surface area (Å²) in [5.74, 6) is -0.195. The highest BCUT2D eigenvalue weighted by molar-refractivity contribution is 6.08. The predicted octanol–water partition coefficient (Wildman–Crippen LogP) is 2.87. The Bertz CT molecular complexity index is 686. The van der Waals surface area contributed by atoms with E-state index in [0.717, 1.165) is 36.9 Å². The number of aryl methyl sites for hydroxylation is 2. The van der Waals surface area contributed by atoms with Gasteiger partial charge in [-0.1, -0.05) is 36.8 Å². The summed E-state index contributed by atoms with van der Waals surface area (Å²) in [4.78, 5) is 27.5. The molecule has 20 heavy (non-hydrogen) atoms. The molecule has 0 unspecified atom stereocenters. The van der Waals surface area contributed by atoms with Gasteiger partial charge in [0, 0.05) is 11.3 Å². The molecule has 1 aromatic carbocycles. The number of aromatic amines is 1. The maximum Gasteiger partial charge on any atom is 0.259 e. The van der Waals surface area contributed by atoms with Gasteiger partial charge in [-0.3, -0.25) is 9.59 Å². The monoisotopic (exact) mass is 267 g/mol. The number of H-pyrrole nitrogens is 1. The van der Waals surface area contributed by atoms with Crippen molar-refractivity contribution < 1.29 is 4.79 Å². The van der Waals surface area contributed by atoms with Crippen molar-refractivity contribution in [2.45, 2.75) is 32.1 Å². The van der Waals surface area contributed by atoms with Crippen LogP contribution in [0, 0.1) is 0 Å². The molecule has 3 nitrogen and oxygen atoms in total. The largest absolute Gasteiger partial charge is 0.325 e. The van der Waals surface area contributed by atoms with Gasteiger partial charge in [0.05, 0.1) is 5.56 Å². The molecule has 0 amide bonds. The SMILES string of the molecule is O=C(c1ccccc1)c1cc2c([nH]c1=O)CCCCC2. The molecule has 102 valence electrons. The van der Waals surface area contributed by atoms with Gasteiger partial charge in [0.15, 0.2) is 5.78 Å². The molecule has 0 radical (unpaired) electrons. The molecular formula is C17H17NO2. The van der Waals surface area contributed by atoms with E-state index >= 15 is 0 Å². The number of pyridine rings is 1. The first-order chi connectivity index (χ1) is 9.75. The molecule has 2 aromatic rings. The lowest BCUT2D eigenvalue weighted by molar-refractivity contribution is 0.103. The highest BCUT2D eigenvalue weighted by Crippen LogP contribution is 2.19. The summed E-state index contributed by atoms with van der Waals surface area (Å²) in [6.45, 7) is 0. The molecule has 1 aliphatic carbocycles. The third-order valence-corrected chi connectivity index (χ3v) is 3.87. The van der Waals surface area contributed by atoms with E-state index in [9.17, 15) is 9.59 Å². The molecule has 0 fully saturated rings. The van der Waals surface area contributed by atoms with Gasteiger partial charge >= 0.3 is 0 Å². The van der Waals surface area contributed by atoms with Crippen molar-refractivity contribution in [3.63, 3.8) is 0 Å². The highest BCUT2D eigenvalue weighted by Gasteiger charge is 2.17. The van der Waals surface area contributed by atoms with E-state index in [-0.39, 0.29) is 16.9 Å². The fourth-order valence-corrected chi connectivity index (χ4v) is 2.77. The Labute approximate surface area is 117 Å². The lowest BCUT2D eigenvalue weighted by Gasteiger charge is -2.08. The first-order valence-corrected chi connectivity index (χ1v) is 7.10. The minimum absolute atomic E-state index is 0.195. The van der Waals surface area contributed by atoms with E-state index in [1.165, 1.54) is 6.42 Å². The molecule has 3 rings (SSSR count). The number of fused-ring (bicyclic) bond motifs is 1. The van der Waals surface area contributed by atoms with Crippen LogP contribution in [0.2, 0.25) is 0 Å². The van der Waals surface area contributed by atoms with Gasteiger partial charge < -0.3 is 4.98 Å². The number of aromatic nitrogens is 1. The molecule has 1 aliphatic rings. The van der Waals surface area contributed by atoms with Crippen molar-refractivity contribution in [1.82, 2.24) is 4.98 Å². The molecule has 0 spiro atoms. The molecule has 0 saturated carbocycles. The predicted molar refractivity (Wildman–Crippen MR) is 78.2 cm³/mol. The van der Waals surface area contributed by atoms with Crippen molar-refractivity contribution in [1.29, 1.82) is 0 Å². The molecular weight excluding hydrogens is 250 g/mol. The summed E-state index contributed by atoms with van der Waals surface area (Å²) >= 11 is 0. The average Bonchev–Trinajstić information content (AvgIpc) is 2.71. The summed E-state index contributed by atoms with van der Waals surface area (Å²) in [5, 5.41) is 0. The summed E-state index contributed by atoms with van der Waals surface area (Å²) < 4.78 is 0. The van der Waals surface area contributed by atoms with E-state index in [1.807, 2.05) is 18.2 Å². The summed E-state index contributed by atoms with van der Waals surface area (Å²) in [5.41, 5.74) is 2.70. The number of ketones is 1. The lowest BCUT2D eigenvalue weighted by atomic mass is 10.0. The van der Waals surface area contributed by atoms with Crippen LogP contribution in [0.1, 0.15) is 46.4 Å². The van der Waals surface area contributed by atoms with E-state index in [0.29, 0.717) is 5.56 Å². The quantitative estimate of drug-likeness (QED) is 0.672. The maximum atomic E-state index is 12.4. The second kappa shape index (κ2) is 5.45. The second-order valence-electron chi connectivity index (χ2n) is 5.27. The van der Waals surface area contributed by atoms with Crippen molar-refractivity contribution in [3.8, 4) is 0 Å². The summed E-state index contributed by atoms with van der Waals surface area (Å²) in [6, 6.07) is 10.8. The van der Waals surface area contributed by atoms with Crippen LogP contribution >= 0.6 is 0 Å². The van der Waals surface area contributed by atoms with E-state index in [2.05, 4.69) is 4.98 Å². The van der Waals surface area contributed by atoms with Crippen LogP contribution in [0.3, 0.4) is 0 Å². The van der Waals surface area contributed by atoms with Crippen LogP contribution in [0.5, 0.6) is 0 Å². The molecule has 0 atom stereocenters. The van der Waals surface area contributed by atoms with Gasteiger partial charge in [-0.2, -0.15) is 0 Å². The Morgan fingerprint density at radius 2 is 1.75 bits per heavy atom. The zero-order chi connectivity index (χ0) is 13.9. The zero-order valence-electron chi connectivity index (χ0n) is 11.3. The molecule has 1 N–H and O–H groups in total. The van der Waals surface area contributed by atoms with Crippen LogP contribution in [0.4, 0.5) is 0 Å². The molecule has 3 heteroatoms. The lowest BCUT2D eigenvalue weighted by Crippen LogP contribution is -2.21. The van der Waals surface area contributed by atoms with Gasteiger partial charge in [0.25, 0.3) is 5.56 Å². The maximum absolute atomic E-state index is 12.4. The third kappa shape index (κ3) is 2.44. The standard InChI is InChI=1S/C17H17NO2/c19-16(12-7-3-1-4-8-12)14-11-13-9-5-2-6-10-15(13)18-17(14)20/h1,3-4,7-8,11H,2,5-6,9-10H2,(H,18,20). The molecule has 1 aromatic heterocycles. The van der Waals surface area contributed by atoms with Crippen molar-refractivity contribution in [3.05, 3.63) is 69.1 Å². The fourth-order valence-electron chi connectivity index (χ4n) is 2.77. The van der Waals surface area contributed by atoms with E-state index in [4.69, 9.17) is 0 Å². The first-order valence-electron chi connectivity index (χ1n) is 7.10.